The van der Waals surface area contributed by atoms with Crippen molar-refractivity contribution in [2.75, 3.05) is 37.6 Å². The zero-order valence-corrected chi connectivity index (χ0v) is 16.0. The SMILES string of the molecule is CCNC(=NCc1nnc2n1CCC2)N1CCN(c2cc(F)ccc2F)CC1. The van der Waals surface area contributed by atoms with Gasteiger partial charge in [0.25, 0.3) is 0 Å². The number of piperazine rings is 1. The Morgan fingerprint density at radius 3 is 2.75 bits per heavy atom. The lowest BCUT2D eigenvalue weighted by Crippen LogP contribution is -2.52. The highest BCUT2D eigenvalue weighted by Gasteiger charge is 2.23. The van der Waals surface area contributed by atoms with Gasteiger partial charge in [-0.15, -0.1) is 10.2 Å². The van der Waals surface area contributed by atoms with Crippen LogP contribution in [-0.4, -0.2) is 58.3 Å². The number of guanidine groups is 1. The van der Waals surface area contributed by atoms with Gasteiger partial charge in [-0.3, -0.25) is 0 Å². The van der Waals surface area contributed by atoms with Crippen LogP contribution in [0, 0.1) is 11.6 Å². The fraction of sp³-hybridized carbons (Fsp3) is 0.526. The van der Waals surface area contributed by atoms with Crippen molar-refractivity contribution in [2.45, 2.75) is 32.9 Å². The smallest absolute Gasteiger partial charge is 0.194 e. The zero-order chi connectivity index (χ0) is 19.5. The average Bonchev–Trinajstić information content (AvgIpc) is 3.32. The average molecular weight is 389 g/mol. The van der Waals surface area contributed by atoms with Crippen LogP contribution in [0.2, 0.25) is 0 Å². The number of rotatable bonds is 4. The first-order chi connectivity index (χ1) is 13.7. The Labute approximate surface area is 163 Å². The molecule has 7 nitrogen and oxygen atoms in total. The van der Waals surface area contributed by atoms with Crippen LogP contribution in [0.4, 0.5) is 14.5 Å². The first-order valence-corrected chi connectivity index (χ1v) is 9.80. The molecular weight excluding hydrogens is 364 g/mol. The minimum absolute atomic E-state index is 0.320. The highest BCUT2D eigenvalue weighted by molar-refractivity contribution is 5.80. The van der Waals surface area contributed by atoms with Gasteiger partial charge in [0.15, 0.2) is 11.8 Å². The molecule has 0 bridgehead atoms. The van der Waals surface area contributed by atoms with Crippen molar-refractivity contribution in [3.05, 3.63) is 41.5 Å². The summed E-state index contributed by atoms with van der Waals surface area (Å²) in [4.78, 5) is 8.77. The maximum absolute atomic E-state index is 14.0. The largest absolute Gasteiger partial charge is 0.366 e. The van der Waals surface area contributed by atoms with Gasteiger partial charge >= 0.3 is 0 Å². The molecule has 1 aromatic heterocycles. The number of benzene rings is 1. The summed E-state index contributed by atoms with van der Waals surface area (Å²) in [7, 11) is 0. The Hall–Kier alpha value is -2.71. The molecule has 150 valence electrons. The number of aromatic nitrogens is 3. The second kappa shape index (κ2) is 8.12. The molecule has 0 spiro atoms. The van der Waals surface area contributed by atoms with E-state index in [9.17, 15) is 8.78 Å². The molecule has 2 aliphatic heterocycles. The summed E-state index contributed by atoms with van der Waals surface area (Å²) in [5.41, 5.74) is 0.320. The van der Waals surface area contributed by atoms with Crippen molar-refractivity contribution in [3.63, 3.8) is 0 Å². The van der Waals surface area contributed by atoms with Crippen molar-refractivity contribution in [3.8, 4) is 0 Å². The number of anilines is 1. The molecule has 3 heterocycles. The molecule has 1 saturated heterocycles. The topological polar surface area (TPSA) is 61.6 Å². The molecule has 0 saturated carbocycles. The van der Waals surface area contributed by atoms with E-state index in [1.54, 1.807) is 0 Å². The second-order valence-electron chi connectivity index (χ2n) is 7.03. The van der Waals surface area contributed by atoms with Gasteiger partial charge in [0.2, 0.25) is 0 Å². The quantitative estimate of drug-likeness (QED) is 0.638. The van der Waals surface area contributed by atoms with Crippen molar-refractivity contribution < 1.29 is 8.78 Å². The number of hydrogen-bond acceptors (Lipinski definition) is 4. The van der Waals surface area contributed by atoms with Gasteiger partial charge in [0.05, 0.1) is 5.69 Å². The molecule has 4 rings (SSSR count). The lowest BCUT2D eigenvalue weighted by atomic mass is 10.2. The Kier molecular flexibility index (Phi) is 5.40. The Bertz CT molecular complexity index is 856. The van der Waals surface area contributed by atoms with Crippen molar-refractivity contribution in [1.82, 2.24) is 25.0 Å². The predicted octanol–water partition coefficient (Wildman–Crippen LogP) is 1.79. The summed E-state index contributed by atoms with van der Waals surface area (Å²) < 4.78 is 29.7. The van der Waals surface area contributed by atoms with Crippen LogP contribution >= 0.6 is 0 Å². The summed E-state index contributed by atoms with van der Waals surface area (Å²) in [6.07, 6.45) is 2.09. The highest BCUT2D eigenvalue weighted by Crippen LogP contribution is 2.22. The molecule has 0 aliphatic carbocycles. The van der Waals surface area contributed by atoms with Crippen LogP contribution in [0.1, 0.15) is 25.0 Å². The van der Waals surface area contributed by atoms with E-state index in [2.05, 4.69) is 25.0 Å². The third-order valence-corrected chi connectivity index (χ3v) is 5.22. The minimum atomic E-state index is -0.422. The maximum atomic E-state index is 14.0. The Balaban J connectivity index is 1.42. The summed E-state index contributed by atoms with van der Waals surface area (Å²) in [6.45, 7) is 6.80. The summed E-state index contributed by atoms with van der Waals surface area (Å²) >= 11 is 0. The Morgan fingerprint density at radius 2 is 1.96 bits per heavy atom. The number of hydrogen-bond donors (Lipinski definition) is 1. The summed E-state index contributed by atoms with van der Waals surface area (Å²) in [5, 5.41) is 11.8. The van der Waals surface area contributed by atoms with E-state index < -0.39 is 11.6 Å². The summed E-state index contributed by atoms with van der Waals surface area (Å²) in [5.74, 6) is 1.94. The van der Waals surface area contributed by atoms with E-state index in [1.807, 2.05) is 11.8 Å². The van der Waals surface area contributed by atoms with Crippen LogP contribution in [0.3, 0.4) is 0 Å². The maximum Gasteiger partial charge on any atom is 0.194 e. The minimum Gasteiger partial charge on any atom is -0.366 e. The molecule has 0 unspecified atom stereocenters. The Morgan fingerprint density at radius 1 is 1.14 bits per heavy atom. The molecule has 0 atom stereocenters. The summed E-state index contributed by atoms with van der Waals surface area (Å²) in [6, 6.07) is 3.59. The standard InChI is InChI=1S/C19H25F2N7/c1-2-22-19(23-13-18-25-24-17-4-3-7-28(17)18)27-10-8-26(9-11-27)16-12-14(20)5-6-15(16)21/h5-6,12H,2-4,7-11,13H2,1H3,(H,22,23). The monoisotopic (exact) mass is 389 g/mol. The van der Waals surface area contributed by atoms with Crippen molar-refractivity contribution in [2.24, 2.45) is 4.99 Å². The molecule has 1 fully saturated rings. The molecule has 2 aromatic rings. The predicted molar refractivity (Wildman–Crippen MR) is 103 cm³/mol. The number of nitrogens with zero attached hydrogens (tertiary/aromatic N) is 6. The third-order valence-electron chi connectivity index (χ3n) is 5.22. The van der Waals surface area contributed by atoms with Crippen LogP contribution in [-0.2, 0) is 19.5 Å². The number of halogens is 2. The van der Waals surface area contributed by atoms with E-state index in [0.717, 1.165) is 49.6 Å². The fourth-order valence-corrected chi connectivity index (χ4v) is 3.79. The lowest BCUT2D eigenvalue weighted by Gasteiger charge is -2.37. The van der Waals surface area contributed by atoms with E-state index in [-0.39, 0.29) is 0 Å². The van der Waals surface area contributed by atoms with Crippen LogP contribution in [0.5, 0.6) is 0 Å². The molecule has 0 radical (unpaired) electrons. The molecule has 0 amide bonds. The molecule has 1 N–H and O–H groups in total. The second-order valence-corrected chi connectivity index (χ2v) is 7.03. The van der Waals surface area contributed by atoms with Gasteiger partial charge in [-0.2, -0.15) is 0 Å². The molecule has 9 heteroatoms. The van der Waals surface area contributed by atoms with Gasteiger partial charge in [0.1, 0.15) is 24.0 Å². The molecule has 1 aromatic carbocycles. The molecule has 28 heavy (non-hydrogen) atoms. The van der Waals surface area contributed by atoms with E-state index >= 15 is 0 Å². The molecular formula is C19H25F2N7. The normalized spacial score (nSPS) is 17.2. The van der Waals surface area contributed by atoms with Gasteiger partial charge in [0, 0.05) is 51.8 Å². The number of aliphatic imine (C=N–C) groups is 1. The van der Waals surface area contributed by atoms with Gasteiger partial charge in [-0.05, 0) is 25.5 Å². The zero-order valence-electron chi connectivity index (χ0n) is 16.0. The first-order valence-electron chi connectivity index (χ1n) is 9.80. The van der Waals surface area contributed by atoms with E-state index in [0.29, 0.717) is 38.4 Å². The third kappa shape index (κ3) is 3.79. The van der Waals surface area contributed by atoms with Crippen LogP contribution < -0.4 is 10.2 Å². The van der Waals surface area contributed by atoms with Gasteiger partial charge in [-0.1, -0.05) is 0 Å². The number of aryl methyl sites for hydroxylation is 1. The van der Waals surface area contributed by atoms with E-state index in [4.69, 9.17) is 4.99 Å². The van der Waals surface area contributed by atoms with Crippen LogP contribution in [0.25, 0.3) is 0 Å². The van der Waals surface area contributed by atoms with Gasteiger partial charge < -0.3 is 19.7 Å². The highest BCUT2D eigenvalue weighted by atomic mass is 19.1. The first kappa shape index (κ1) is 18.6. The van der Waals surface area contributed by atoms with Crippen LogP contribution in [0.15, 0.2) is 23.2 Å². The van der Waals surface area contributed by atoms with Crippen molar-refractivity contribution in [1.29, 1.82) is 0 Å². The fourth-order valence-electron chi connectivity index (χ4n) is 3.79. The van der Waals surface area contributed by atoms with Crippen molar-refractivity contribution >= 4 is 11.6 Å². The lowest BCUT2D eigenvalue weighted by molar-refractivity contribution is 0.370. The number of fused-ring (bicyclic) bond motifs is 1. The molecule has 2 aliphatic rings. The van der Waals surface area contributed by atoms with E-state index in [1.165, 1.54) is 12.1 Å². The van der Waals surface area contributed by atoms with Gasteiger partial charge in [-0.25, -0.2) is 13.8 Å². The number of nitrogens with one attached hydrogen (secondary N) is 1.